The molecule has 8 heteroatoms. The van der Waals surface area contributed by atoms with Crippen LogP contribution >= 0.6 is 11.6 Å². The Balaban J connectivity index is 1.51. The predicted molar refractivity (Wildman–Crippen MR) is 131 cm³/mol. The Morgan fingerprint density at radius 1 is 0.879 bits per heavy atom. The Bertz CT molecular complexity index is 1190. The number of rotatable bonds is 6. The van der Waals surface area contributed by atoms with Crippen LogP contribution < -0.4 is 5.32 Å². The van der Waals surface area contributed by atoms with Crippen molar-refractivity contribution in [1.29, 1.82) is 0 Å². The molecular weight excluding hydrogens is 458 g/mol. The number of amides is 1. The Morgan fingerprint density at radius 3 is 2.09 bits per heavy atom. The van der Waals surface area contributed by atoms with Crippen LogP contribution in [0, 0.1) is 6.92 Å². The van der Waals surface area contributed by atoms with Crippen molar-refractivity contribution in [3.63, 3.8) is 0 Å². The third-order valence-electron chi connectivity index (χ3n) is 5.77. The van der Waals surface area contributed by atoms with Crippen LogP contribution in [0.4, 0.5) is 5.69 Å². The second-order valence-corrected chi connectivity index (χ2v) is 10.4. The summed E-state index contributed by atoms with van der Waals surface area (Å²) in [5.74, 6) is -0.140. The quantitative estimate of drug-likeness (QED) is 0.566. The third-order valence-corrected chi connectivity index (χ3v) is 7.94. The Labute approximate surface area is 199 Å². The third kappa shape index (κ3) is 5.45. The number of piperazine rings is 1. The number of carbonyl (C=O) groups excluding carboxylic acids is 1. The highest BCUT2D eigenvalue weighted by Gasteiger charge is 2.34. The maximum atomic E-state index is 13.3. The van der Waals surface area contributed by atoms with Crippen LogP contribution in [-0.4, -0.2) is 49.7 Å². The number of aryl methyl sites for hydroxylation is 1. The molecule has 1 heterocycles. The van der Waals surface area contributed by atoms with E-state index in [0.29, 0.717) is 31.2 Å². The first-order chi connectivity index (χ1) is 15.8. The maximum absolute atomic E-state index is 13.3. The van der Waals surface area contributed by atoms with E-state index < -0.39 is 16.1 Å². The molecule has 4 rings (SSSR count). The molecule has 1 aliphatic heterocycles. The highest BCUT2D eigenvalue weighted by atomic mass is 35.5. The molecule has 1 aliphatic rings. The molecule has 1 saturated heterocycles. The minimum absolute atomic E-state index is 0.140. The fourth-order valence-electron chi connectivity index (χ4n) is 3.97. The van der Waals surface area contributed by atoms with Crippen LogP contribution in [0.3, 0.4) is 0 Å². The number of sulfonamides is 1. The van der Waals surface area contributed by atoms with Gasteiger partial charge in [0, 0.05) is 36.9 Å². The molecule has 0 radical (unpaired) electrons. The minimum Gasteiger partial charge on any atom is -0.324 e. The predicted octanol–water partition coefficient (Wildman–Crippen LogP) is 4.33. The van der Waals surface area contributed by atoms with Gasteiger partial charge in [0.25, 0.3) is 0 Å². The molecule has 0 aliphatic carbocycles. The van der Waals surface area contributed by atoms with Crippen molar-refractivity contribution < 1.29 is 13.2 Å². The van der Waals surface area contributed by atoms with Crippen molar-refractivity contribution in [3.05, 3.63) is 95.0 Å². The van der Waals surface area contributed by atoms with Crippen LogP contribution in [0.5, 0.6) is 0 Å². The lowest BCUT2D eigenvalue weighted by atomic mass is 10.0. The van der Waals surface area contributed by atoms with Gasteiger partial charge in [-0.2, -0.15) is 4.31 Å². The van der Waals surface area contributed by atoms with E-state index in [1.54, 1.807) is 12.1 Å². The molecule has 1 fully saturated rings. The summed E-state index contributed by atoms with van der Waals surface area (Å²) in [6.45, 7) is 3.47. The first kappa shape index (κ1) is 23.4. The van der Waals surface area contributed by atoms with E-state index in [2.05, 4.69) is 5.32 Å². The van der Waals surface area contributed by atoms with Crippen LogP contribution in [0.2, 0.25) is 5.02 Å². The van der Waals surface area contributed by atoms with Gasteiger partial charge in [0.1, 0.15) is 6.04 Å². The number of hydrogen-bond donors (Lipinski definition) is 1. The van der Waals surface area contributed by atoms with E-state index in [0.717, 1.165) is 16.8 Å². The molecule has 172 valence electrons. The van der Waals surface area contributed by atoms with Crippen molar-refractivity contribution >= 4 is 33.2 Å². The standard InChI is InChI=1S/C25H26ClN3O3S/c1-19-7-11-22(12-8-19)27-25(30)24(20-5-3-2-4-6-20)28-15-17-29(18-16-28)33(31,32)23-13-9-21(26)10-14-23/h2-14,24H,15-18H2,1H3,(H,27,30)/t24-/m1/s1. The second-order valence-electron chi connectivity index (χ2n) is 8.06. The zero-order valence-corrected chi connectivity index (χ0v) is 19.9. The van der Waals surface area contributed by atoms with Crippen molar-refractivity contribution in [1.82, 2.24) is 9.21 Å². The van der Waals surface area contributed by atoms with E-state index in [4.69, 9.17) is 11.6 Å². The van der Waals surface area contributed by atoms with Gasteiger partial charge in [-0.1, -0.05) is 59.6 Å². The molecular formula is C25H26ClN3O3S. The average molecular weight is 484 g/mol. The van der Waals surface area contributed by atoms with Gasteiger partial charge in [0.05, 0.1) is 4.90 Å². The zero-order chi connectivity index (χ0) is 23.4. The van der Waals surface area contributed by atoms with Crippen molar-refractivity contribution in [2.24, 2.45) is 0 Å². The van der Waals surface area contributed by atoms with E-state index in [1.807, 2.05) is 66.4 Å². The molecule has 3 aromatic carbocycles. The fraction of sp³-hybridized carbons (Fsp3) is 0.240. The summed E-state index contributed by atoms with van der Waals surface area (Å²) in [4.78, 5) is 15.6. The topological polar surface area (TPSA) is 69.7 Å². The van der Waals surface area contributed by atoms with E-state index in [9.17, 15) is 13.2 Å². The summed E-state index contributed by atoms with van der Waals surface area (Å²) >= 11 is 5.90. The van der Waals surface area contributed by atoms with E-state index in [1.165, 1.54) is 16.4 Å². The number of nitrogens with one attached hydrogen (secondary N) is 1. The van der Waals surface area contributed by atoms with Gasteiger partial charge >= 0.3 is 0 Å². The normalized spacial score (nSPS) is 16.3. The largest absolute Gasteiger partial charge is 0.324 e. The summed E-state index contributed by atoms with van der Waals surface area (Å²) in [7, 11) is -3.62. The lowest BCUT2D eigenvalue weighted by Crippen LogP contribution is -2.51. The number of nitrogens with zero attached hydrogens (tertiary/aromatic N) is 2. The highest BCUT2D eigenvalue weighted by Crippen LogP contribution is 2.26. The SMILES string of the molecule is Cc1ccc(NC(=O)[C@@H](c2ccccc2)N2CCN(S(=O)(=O)c3ccc(Cl)cc3)CC2)cc1. The van der Waals surface area contributed by atoms with E-state index in [-0.39, 0.29) is 10.8 Å². The maximum Gasteiger partial charge on any atom is 0.246 e. The summed E-state index contributed by atoms with van der Waals surface area (Å²) in [5.41, 5.74) is 2.72. The van der Waals surface area contributed by atoms with Crippen LogP contribution in [0.1, 0.15) is 17.2 Å². The molecule has 6 nitrogen and oxygen atoms in total. The van der Waals surface area contributed by atoms with Crippen LogP contribution in [0.25, 0.3) is 0 Å². The van der Waals surface area contributed by atoms with Crippen molar-refractivity contribution in [2.75, 3.05) is 31.5 Å². The summed E-state index contributed by atoms with van der Waals surface area (Å²) < 4.78 is 27.5. The smallest absolute Gasteiger partial charge is 0.246 e. The van der Waals surface area contributed by atoms with E-state index >= 15 is 0 Å². The van der Waals surface area contributed by atoms with Gasteiger partial charge in [-0.25, -0.2) is 8.42 Å². The lowest BCUT2D eigenvalue weighted by Gasteiger charge is -2.38. The molecule has 0 bridgehead atoms. The van der Waals surface area contributed by atoms with Gasteiger partial charge in [0.15, 0.2) is 0 Å². The number of benzene rings is 3. The number of halogens is 1. The monoisotopic (exact) mass is 483 g/mol. The van der Waals surface area contributed by atoms with Gasteiger partial charge in [-0.15, -0.1) is 0 Å². The molecule has 0 aromatic heterocycles. The minimum atomic E-state index is -3.62. The molecule has 1 atom stereocenters. The van der Waals surface area contributed by atoms with Gasteiger partial charge < -0.3 is 5.32 Å². The highest BCUT2D eigenvalue weighted by molar-refractivity contribution is 7.89. The van der Waals surface area contributed by atoms with Crippen molar-refractivity contribution in [2.45, 2.75) is 17.9 Å². The zero-order valence-electron chi connectivity index (χ0n) is 18.3. The Hall–Kier alpha value is -2.71. The van der Waals surface area contributed by atoms with Crippen molar-refractivity contribution in [3.8, 4) is 0 Å². The fourth-order valence-corrected chi connectivity index (χ4v) is 5.52. The number of hydrogen-bond acceptors (Lipinski definition) is 4. The van der Waals surface area contributed by atoms with Gasteiger partial charge in [-0.3, -0.25) is 9.69 Å². The van der Waals surface area contributed by atoms with Crippen LogP contribution in [-0.2, 0) is 14.8 Å². The van der Waals surface area contributed by atoms with Crippen LogP contribution in [0.15, 0.2) is 83.8 Å². The molecule has 0 saturated carbocycles. The summed E-state index contributed by atoms with van der Waals surface area (Å²) in [6.07, 6.45) is 0. The van der Waals surface area contributed by atoms with Gasteiger partial charge in [0.2, 0.25) is 15.9 Å². The summed E-state index contributed by atoms with van der Waals surface area (Å²) in [5, 5.41) is 3.50. The second kappa shape index (κ2) is 10.1. The molecule has 33 heavy (non-hydrogen) atoms. The molecule has 0 unspecified atom stereocenters. The number of anilines is 1. The first-order valence-corrected chi connectivity index (χ1v) is 12.6. The van der Waals surface area contributed by atoms with Gasteiger partial charge in [-0.05, 0) is 48.9 Å². The molecule has 0 spiro atoms. The Kier molecular flexibility index (Phi) is 7.14. The lowest BCUT2D eigenvalue weighted by molar-refractivity contribution is -0.122. The number of carbonyl (C=O) groups is 1. The first-order valence-electron chi connectivity index (χ1n) is 10.8. The average Bonchev–Trinajstić information content (AvgIpc) is 2.82. The molecule has 1 amide bonds. The molecule has 1 N–H and O–H groups in total. The molecule has 3 aromatic rings. The summed E-state index contributed by atoms with van der Waals surface area (Å²) in [6, 6.07) is 22.9. The Morgan fingerprint density at radius 2 is 1.48 bits per heavy atom.